The Balaban J connectivity index is 0.00000432. The van der Waals surface area contributed by atoms with Crippen LogP contribution in [-0.4, -0.2) is 55.3 Å². The molecule has 1 aliphatic rings. The molecule has 35 heavy (non-hydrogen) atoms. The fraction of sp³-hybridized carbons (Fsp3) is 0.400. The largest absolute Gasteiger partial charge is 0.356 e. The zero-order chi connectivity index (χ0) is 24.3. The number of amides is 3. The van der Waals surface area contributed by atoms with E-state index < -0.39 is 5.91 Å². The Kier molecular flexibility index (Phi) is 12.3. The number of carbonyl (C=O) groups excluding carboxylic acids is 3. The molecule has 3 amide bonds. The van der Waals surface area contributed by atoms with E-state index in [1.54, 1.807) is 17.0 Å². The lowest BCUT2D eigenvalue weighted by Gasteiger charge is -2.23. The summed E-state index contributed by atoms with van der Waals surface area (Å²) < 4.78 is 0. The van der Waals surface area contributed by atoms with Crippen LogP contribution in [0.15, 0.2) is 48.5 Å². The molecule has 0 saturated carbocycles. The number of rotatable bonds is 4. The number of hydrogen-bond donors (Lipinski definition) is 3. The van der Waals surface area contributed by atoms with Crippen LogP contribution >= 0.6 is 35.6 Å². The summed E-state index contributed by atoms with van der Waals surface area (Å²) in [5.41, 5.74) is 1.31. The first kappa shape index (κ1) is 28.9. The van der Waals surface area contributed by atoms with Gasteiger partial charge in [0.25, 0.3) is 5.91 Å². The van der Waals surface area contributed by atoms with Gasteiger partial charge in [0.15, 0.2) is 0 Å². The maximum Gasteiger partial charge on any atom is 0.253 e. The van der Waals surface area contributed by atoms with E-state index in [1.807, 2.05) is 30.3 Å². The molecule has 7 nitrogen and oxygen atoms in total. The minimum atomic E-state index is -0.449. The molecule has 10 heteroatoms. The molecule has 1 heterocycles. The SMILES string of the molecule is Cl.O=C1CC(c2ccccc2)NCCCCN(C(=O)CNC(=O)c2cc(Cl)ccc2Cl)CCCN1. The van der Waals surface area contributed by atoms with Crippen molar-refractivity contribution >= 4 is 53.3 Å². The van der Waals surface area contributed by atoms with E-state index in [2.05, 4.69) is 16.0 Å². The molecule has 0 aliphatic carbocycles. The van der Waals surface area contributed by atoms with Crippen molar-refractivity contribution in [3.63, 3.8) is 0 Å². The van der Waals surface area contributed by atoms with E-state index in [0.29, 0.717) is 37.5 Å². The summed E-state index contributed by atoms with van der Waals surface area (Å²) in [6.45, 7) is 2.16. The van der Waals surface area contributed by atoms with E-state index >= 15 is 0 Å². The third-order valence-corrected chi connectivity index (χ3v) is 6.25. The van der Waals surface area contributed by atoms with Gasteiger partial charge in [0.2, 0.25) is 11.8 Å². The van der Waals surface area contributed by atoms with E-state index in [0.717, 1.165) is 24.9 Å². The molecule has 3 N–H and O–H groups in total. The quantitative estimate of drug-likeness (QED) is 0.546. The monoisotopic (exact) mass is 540 g/mol. The summed E-state index contributed by atoms with van der Waals surface area (Å²) in [5, 5.41) is 9.72. The van der Waals surface area contributed by atoms with Crippen LogP contribution in [0.1, 0.15) is 47.6 Å². The van der Waals surface area contributed by atoms with Crippen LogP contribution in [0, 0.1) is 0 Å². The van der Waals surface area contributed by atoms with Gasteiger partial charge in [-0.2, -0.15) is 0 Å². The van der Waals surface area contributed by atoms with E-state index in [1.165, 1.54) is 6.07 Å². The maximum absolute atomic E-state index is 12.8. The lowest BCUT2D eigenvalue weighted by molar-refractivity contribution is -0.130. The summed E-state index contributed by atoms with van der Waals surface area (Å²) in [5.74, 6) is -0.651. The molecule has 1 atom stereocenters. The van der Waals surface area contributed by atoms with Crippen molar-refractivity contribution in [3.8, 4) is 0 Å². The van der Waals surface area contributed by atoms with Crippen LogP contribution in [0.25, 0.3) is 0 Å². The summed E-state index contributed by atoms with van der Waals surface area (Å²) in [7, 11) is 0. The van der Waals surface area contributed by atoms with Crippen LogP contribution in [0.5, 0.6) is 0 Å². The predicted octanol–water partition coefficient (Wildman–Crippen LogP) is 3.99. The lowest BCUT2D eigenvalue weighted by atomic mass is 10.0. The fourth-order valence-electron chi connectivity index (χ4n) is 3.85. The lowest BCUT2D eigenvalue weighted by Crippen LogP contribution is -2.42. The first-order valence-corrected chi connectivity index (χ1v) is 12.3. The Labute approximate surface area is 222 Å². The Morgan fingerprint density at radius 3 is 2.51 bits per heavy atom. The van der Waals surface area contributed by atoms with Crippen molar-refractivity contribution in [3.05, 3.63) is 69.7 Å². The first-order valence-electron chi connectivity index (χ1n) is 11.5. The Bertz CT molecular complexity index is 991. The zero-order valence-electron chi connectivity index (χ0n) is 19.4. The van der Waals surface area contributed by atoms with Gasteiger partial charge in [-0.25, -0.2) is 0 Å². The zero-order valence-corrected chi connectivity index (χ0v) is 21.7. The summed E-state index contributed by atoms with van der Waals surface area (Å²) in [4.78, 5) is 39.5. The molecule has 190 valence electrons. The fourth-order valence-corrected chi connectivity index (χ4v) is 4.22. The van der Waals surface area contributed by atoms with Gasteiger partial charge in [-0.1, -0.05) is 53.5 Å². The van der Waals surface area contributed by atoms with Crippen LogP contribution in [0.3, 0.4) is 0 Å². The first-order chi connectivity index (χ1) is 16.4. The molecule has 1 fully saturated rings. The van der Waals surface area contributed by atoms with Crippen molar-refractivity contribution in [2.24, 2.45) is 0 Å². The third kappa shape index (κ3) is 9.33. The molecule has 0 aromatic heterocycles. The summed E-state index contributed by atoms with van der Waals surface area (Å²) >= 11 is 12.0. The molecule has 0 spiro atoms. The van der Waals surface area contributed by atoms with Gasteiger partial charge in [0, 0.05) is 37.1 Å². The second-order valence-electron chi connectivity index (χ2n) is 8.22. The van der Waals surface area contributed by atoms with Crippen LogP contribution in [-0.2, 0) is 9.59 Å². The number of nitrogens with one attached hydrogen (secondary N) is 3. The molecule has 1 saturated heterocycles. The second-order valence-corrected chi connectivity index (χ2v) is 9.06. The van der Waals surface area contributed by atoms with E-state index in [9.17, 15) is 14.4 Å². The van der Waals surface area contributed by atoms with Crippen LogP contribution < -0.4 is 16.0 Å². The minimum Gasteiger partial charge on any atom is -0.356 e. The number of hydrogen-bond acceptors (Lipinski definition) is 4. The number of nitrogens with zero attached hydrogens (tertiary/aromatic N) is 1. The van der Waals surface area contributed by atoms with Gasteiger partial charge in [-0.15, -0.1) is 12.4 Å². The van der Waals surface area contributed by atoms with Crippen molar-refractivity contribution in [1.82, 2.24) is 20.9 Å². The molecule has 2 aromatic rings. The average Bonchev–Trinajstić information content (AvgIpc) is 2.86. The van der Waals surface area contributed by atoms with Crippen molar-refractivity contribution < 1.29 is 14.4 Å². The maximum atomic E-state index is 12.8. The van der Waals surface area contributed by atoms with Gasteiger partial charge in [0.05, 0.1) is 17.1 Å². The molecule has 3 rings (SSSR count). The van der Waals surface area contributed by atoms with Crippen molar-refractivity contribution in [2.75, 3.05) is 32.7 Å². The summed E-state index contributed by atoms with van der Waals surface area (Å²) in [6.07, 6.45) is 2.68. The molecular formula is C25H31Cl3N4O3. The Morgan fingerprint density at radius 1 is 1.00 bits per heavy atom. The molecule has 0 bridgehead atoms. The predicted molar refractivity (Wildman–Crippen MR) is 141 cm³/mol. The number of carbonyl (C=O) groups is 3. The highest BCUT2D eigenvalue weighted by atomic mass is 35.5. The highest BCUT2D eigenvalue weighted by Gasteiger charge is 2.19. The van der Waals surface area contributed by atoms with Gasteiger partial charge in [-0.3, -0.25) is 14.4 Å². The molecule has 2 aromatic carbocycles. The second kappa shape index (κ2) is 14.9. The number of benzene rings is 2. The summed E-state index contributed by atoms with van der Waals surface area (Å²) in [6, 6.07) is 14.5. The normalized spacial score (nSPS) is 17.6. The topological polar surface area (TPSA) is 90.5 Å². The molecule has 1 aliphatic heterocycles. The van der Waals surface area contributed by atoms with E-state index in [4.69, 9.17) is 23.2 Å². The van der Waals surface area contributed by atoms with Gasteiger partial charge >= 0.3 is 0 Å². The highest BCUT2D eigenvalue weighted by molar-refractivity contribution is 6.35. The van der Waals surface area contributed by atoms with Gasteiger partial charge in [0.1, 0.15) is 0 Å². The smallest absolute Gasteiger partial charge is 0.253 e. The standard InChI is InChI=1S/C25H30Cl2N4O3.ClH/c26-19-9-10-21(27)20(15-19)25(34)30-17-24(33)31-13-5-4-11-28-22(18-7-2-1-3-8-18)16-23(32)29-12-6-14-31;/h1-3,7-10,15,22,28H,4-6,11-14,16-17H2,(H,29,32)(H,30,34);1H. The Hall–Kier alpha value is -2.32. The van der Waals surface area contributed by atoms with E-state index in [-0.39, 0.29) is 47.4 Å². The van der Waals surface area contributed by atoms with Crippen molar-refractivity contribution in [1.29, 1.82) is 0 Å². The Morgan fingerprint density at radius 2 is 1.74 bits per heavy atom. The molecule has 0 radical (unpaired) electrons. The van der Waals surface area contributed by atoms with Crippen LogP contribution in [0.2, 0.25) is 10.0 Å². The number of halogens is 3. The van der Waals surface area contributed by atoms with Crippen molar-refractivity contribution in [2.45, 2.75) is 31.7 Å². The molecular weight excluding hydrogens is 511 g/mol. The average molecular weight is 542 g/mol. The minimum absolute atomic E-state index is 0. The third-order valence-electron chi connectivity index (χ3n) is 5.69. The van der Waals surface area contributed by atoms with Crippen LogP contribution in [0.4, 0.5) is 0 Å². The molecule has 1 unspecified atom stereocenters. The van der Waals surface area contributed by atoms with Gasteiger partial charge in [-0.05, 0) is 49.6 Å². The highest BCUT2D eigenvalue weighted by Crippen LogP contribution is 2.20. The van der Waals surface area contributed by atoms with Gasteiger partial charge < -0.3 is 20.9 Å².